The van der Waals surface area contributed by atoms with Gasteiger partial charge in [0.05, 0.1) is 26.9 Å². The highest BCUT2D eigenvalue weighted by Crippen LogP contribution is 2.46. The minimum atomic E-state index is 0.688. The number of hydrogen-bond acceptors (Lipinski definition) is 4. The van der Waals surface area contributed by atoms with Gasteiger partial charge in [-0.15, -0.1) is 11.3 Å². The summed E-state index contributed by atoms with van der Waals surface area (Å²) in [6.45, 7) is 0. The van der Waals surface area contributed by atoms with E-state index in [1.54, 1.807) is 11.3 Å². The van der Waals surface area contributed by atoms with Crippen molar-refractivity contribution in [3.63, 3.8) is 0 Å². The van der Waals surface area contributed by atoms with Crippen LogP contribution in [0, 0.1) is 0 Å². The Morgan fingerprint density at radius 1 is 0.456 bits per heavy atom. The molecule has 5 heteroatoms. The summed E-state index contributed by atoms with van der Waals surface area (Å²) in [6.07, 6.45) is 0. The quantitative estimate of drug-likeness (QED) is 0.176. The monoisotopic (exact) mass is 745 g/mol. The third-order valence-electron chi connectivity index (χ3n) is 11.2. The van der Waals surface area contributed by atoms with Crippen LogP contribution in [0.1, 0.15) is 0 Å². The molecule has 12 rings (SSSR count). The summed E-state index contributed by atoms with van der Waals surface area (Å²) in [5.74, 6) is 0.688. The van der Waals surface area contributed by atoms with E-state index in [-0.39, 0.29) is 0 Å². The van der Waals surface area contributed by atoms with Gasteiger partial charge in [-0.05, 0) is 65.2 Å². The Bertz CT molecular complexity index is 3510. The third-order valence-corrected chi connectivity index (χ3v) is 12.4. The van der Waals surface area contributed by atoms with E-state index in [0.717, 1.165) is 87.8 Å². The Hall–Kier alpha value is -7.34. The molecule has 0 aliphatic rings. The molecule has 0 saturated carbocycles. The third kappa shape index (κ3) is 4.99. The Kier molecular flexibility index (Phi) is 7.06. The van der Waals surface area contributed by atoms with Crippen molar-refractivity contribution >= 4 is 75.4 Å². The average Bonchev–Trinajstić information content (AvgIpc) is 3.96. The lowest BCUT2D eigenvalue weighted by Crippen LogP contribution is -1.96. The largest absolute Gasteiger partial charge is 0.455 e. The molecule has 0 amide bonds. The highest BCUT2D eigenvalue weighted by Gasteiger charge is 2.23. The van der Waals surface area contributed by atoms with Crippen molar-refractivity contribution in [2.75, 3.05) is 0 Å². The predicted molar refractivity (Wildman–Crippen MR) is 238 cm³/mol. The molecule has 0 radical (unpaired) electrons. The zero-order valence-electron chi connectivity index (χ0n) is 30.6. The van der Waals surface area contributed by atoms with Gasteiger partial charge in [0, 0.05) is 54.0 Å². The van der Waals surface area contributed by atoms with Crippen molar-refractivity contribution in [1.29, 1.82) is 0 Å². The van der Waals surface area contributed by atoms with Gasteiger partial charge in [-0.2, -0.15) is 0 Å². The molecule has 4 nitrogen and oxygen atoms in total. The SMILES string of the molecule is c1ccc(-c2cc(-c3ccccc3)c3oc4cccc(-c5nc(-c6ccc7c8ccccc8n(-c8ccccc8)c7c6)nc6c5sc5ccccc56)c4c3c2)cc1. The molecule has 0 spiro atoms. The zero-order valence-corrected chi connectivity index (χ0v) is 31.4. The molecule has 0 unspecified atom stereocenters. The molecule has 0 saturated heterocycles. The Morgan fingerprint density at radius 2 is 1.16 bits per heavy atom. The van der Waals surface area contributed by atoms with Gasteiger partial charge in [0.25, 0.3) is 0 Å². The van der Waals surface area contributed by atoms with Crippen LogP contribution in [0.4, 0.5) is 0 Å². The molecule has 0 atom stereocenters. The van der Waals surface area contributed by atoms with E-state index in [9.17, 15) is 0 Å². The van der Waals surface area contributed by atoms with Crippen LogP contribution in [0.25, 0.3) is 115 Å². The van der Waals surface area contributed by atoms with Gasteiger partial charge < -0.3 is 8.98 Å². The van der Waals surface area contributed by atoms with E-state index in [1.807, 2.05) is 0 Å². The van der Waals surface area contributed by atoms with Crippen molar-refractivity contribution < 1.29 is 4.42 Å². The van der Waals surface area contributed by atoms with Gasteiger partial charge in [-0.3, -0.25) is 0 Å². The molecule has 266 valence electrons. The van der Waals surface area contributed by atoms with Crippen molar-refractivity contribution in [2.45, 2.75) is 0 Å². The highest BCUT2D eigenvalue weighted by atomic mass is 32.1. The van der Waals surface area contributed by atoms with Crippen molar-refractivity contribution in [2.24, 2.45) is 0 Å². The second-order valence-corrected chi connectivity index (χ2v) is 15.6. The second kappa shape index (κ2) is 12.6. The minimum absolute atomic E-state index is 0.688. The number of thiophene rings is 1. The standard InChI is InChI=1S/C52H31N3OS/c1-4-15-32(16-5-1)35-29-41(33-17-6-2-7-18-33)50-42(30-35)47-40(23-14-25-45(47)56-50)49-51-48(39-22-11-13-26-46(39)57-51)53-52(54-49)34-27-28-38-37-21-10-12-24-43(37)55(44(38)31-34)36-19-8-3-9-20-36/h1-31H. The fourth-order valence-corrected chi connectivity index (χ4v) is 9.77. The zero-order chi connectivity index (χ0) is 37.5. The maximum atomic E-state index is 6.87. The summed E-state index contributed by atoms with van der Waals surface area (Å²) < 4.78 is 11.5. The molecule has 0 fully saturated rings. The van der Waals surface area contributed by atoms with Crippen molar-refractivity contribution in [1.82, 2.24) is 14.5 Å². The molecule has 4 aromatic heterocycles. The van der Waals surface area contributed by atoms with Crippen LogP contribution in [0.3, 0.4) is 0 Å². The first kappa shape index (κ1) is 32.0. The smallest absolute Gasteiger partial charge is 0.160 e. The Balaban J connectivity index is 1.16. The number of nitrogens with zero attached hydrogens (tertiary/aromatic N) is 3. The lowest BCUT2D eigenvalue weighted by atomic mass is 9.94. The first-order valence-corrected chi connectivity index (χ1v) is 20.0. The molecule has 4 heterocycles. The summed E-state index contributed by atoms with van der Waals surface area (Å²) >= 11 is 1.75. The summed E-state index contributed by atoms with van der Waals surface area (Å²) in [6, 6.07) is 66.5. The van der Waals surface area contributed by atoms with Gasteiger partial charge >= 0.3 is 0 Å². The Morgan fingerprint density at radius 3 is 1.98 bits per heavy atom. The average molecular weight is 746 g/mol. The van der Waals surface area contributed by atoms with Gasteiger partial charge in [0.1, 0.15) is 11.2 Å². The van der Waals surface area contributed by atoms with Gasteiger partial charge in [0.15, 0.2) is 5.82 Å². The van der Waals surface area contributed by atoms with Crippen molar-refractivity contribution in [3.05, 3.63) is 188 Å². The number of fused-ring (bicyclic) bond motifs is 9. The summed E-state index contributed by atoms with van der Waals surface area (Å²) in [4.78, 5) is 10.9. The summed E-state index contributed by atoms with van der Waals surface area (Å²) in [5, 5.41) is 5.64. The topological polar surface area (TPSA) is 43.9 Å². The normalized spacial score (nSPS) is 11.9. The van der Waals surface area contributed by atoms with E-state index in [4.69, 9.17) is 14.4 Å². The Labute approximate surface area is 331 Å². The molecular formula is C52H31N3OS. The van der Waals surface area contributed by atoms with Crippen LogP contribution < -0.4 is 0 Å². The second-order valence-electron chi connectivity index (χ2n) is 14.5. The van der Waals surface area contributed by atoms with E-state index in [1.165, 1.54) is 21.0 Å². The van der Waals surface area contributed by atoms with Crippen LogP contribution in [0.5, 0.6) is 0 Å². The van der Waals surface area contributed by atoms with Crippen LogP contribution in [-0.4, -0.2) is 14.5 Å². The van der Waals surface area contributed by atoms with Gasteiger partial charge in [-0.25, -0.2) is 9.97 Å². The number of benzene rings is 8. The fraction of sp³-hybridized carbons (Fsp3) is 0. The molecule has 12 aromatic rings. The molecule has 57 heavy (non-hydrogen) atoms. The number of rotatable bonds is 5. The van der Waals surface area contributed by atoms with E-state index >= 15 is 0 Å². The van der Waals surface area contributed by atoms with Crippen molar-refractivity contribution in [3.8, 4) is 50.6 Å². The van der Waals surface area contributed by atoms with Gasteiger partial charge in [0.2, 0.25) is 0 Å². The van der Waals surface area contributed by atoms with E-state index in [0.29, 0.717) is 5.82 Å². The summed E-state index contributed by atoms with van der Waals surface area (Å²) in [5.41, 5.74) is 13.4. The molecule has 0 aliphatic carbocycles. The fourth-order valence-electron chi connectivity index (χ4n) is 8.62. The lowest BCUT2D eigenvalue weighted by molar-refractivity contribution is 0.670. The van der Waals surface area contributed by atoms with E-state index in [2.05, 4.69) is 193 Å². The number of aromatic nitrogens is 3. The number of furan rings is 1. The number of para-hydroxylation sites is 2. The molecule has 0 aliphatic heterocycles. The minimum Gasteiger partial charge on any atom is -0.455 e. The van der Waals surface area contributed by atoms with Crippen LogP contribution in [-0.2, 0) is 0 Å². The maximum absolute atomic E-state index is 6.87. The first-order valence-electron chi connectivity index (χ1n) is 19.2. The highest BCUT2D eigenvalue weighted by molar-refractivity contribution is 7.26. The molecule has 8 aromatic carbocycles. The first-order chi connectivity index (χ1) is 28.3. The van der Waals surface area contributed by atoms with Gasteiger partial charge in [-0.1, -0.05) is 140 Å². The summed E-state index contributed by atoms with van der Waals surface area (Å²) in [7, 11) is 0. The number of hydrogen-bond donors (Lipinski definition) is 0. The van der Waals surface area contributed by atoms with E-state index < -0.39 is 0 Å². The van der Waals surface area contributed by atoms with Crippen LogP contribution in [0.15, 0.2) is 192 Å². The molecular weight excluding hydrogens is 715 g/mol. The van der Waals surface area contributed by atoms with Crippen LogP contribution >= 0.6 is 11.3 Å². The molecule has 0 bridgehead atoms. The molecule has 0 N–H and O–H groups in total. The maximum Gasteiger partial charge on any atom is 0.160 e. The lowest BCUT2D eigenvalue weighted by Gasteiger charge is -2.11. The van der Waals surface area contributed by atoms with Crippen LogP contribution in [0.2, 0.25) is 0 Å². The predicted octanol–water partition coefficient (Wildman–Crippen LogP) is 14.5.